The van der Waals surface area contributed by atoms with Crippen LogP contribution < -0.4 is 4.74 Å². The van der Waals surface area contributed by atoms with Gasteiger partial charge in [0.25, 0.3) is 0 Å². The normalized spacial score (nSPS) is 19.7. The van der Waals surface area contributed by atoms with Crippen molar-refractivity contribution in [3.8, 4) is 5.75 Å². The molecular formula is C8H9BO5. The van der Waals surface area contributed by atoms with Gasteiger partial charge in [0, 0.05) is 5.56 Å². The van der Waals surface area contributed by atoms with Gasteiger partial charge in [0.2, 0.25) is 0 Å². The van der Waals surface area contributed by atoms with Gasteiger partial charge in [-0.15, -0.1) is 0 Å². The largest absolute Gasteiger partial charge is 0.636 e. The number of benzene rings is 1. The molecule has 1 atom stereocenters. The van der Waals surface area contributed by atoms with E-state index in [0.717, 1.165) is 0 Å². The smallest absolute Gasteiger partial charge is 0.467 e. The van der Waals surface area contributed by atoms with Crippen LogP contribution in [0.1, 0.15) is 11.9 Å². The molecule has 0 fully saturated rings. The second kappa shape index (κ2) is 3.97. The van der Waals surface area contributed by atoms with Gasteiger partial charge in [0.1, 0.15) is 5.75 Å². The lowest BCUT2D eigenvalue weighted by molar-refractivity contribution is -0.162. The summed E-state index contributed by atoms with van der Waals surface area (Å²) >= 11 is 0. The van der Waals surface area contributed by atoms with Crippen LogP contribution in [0.3, 0.4) is 0 Å². The summed E-state index contributed by atoms with van der Waals surface area (Å²) in [4.78, 5) is 0. The van der Waals surface area contributed by atoms with Crippen LogP contribution in [-0.4, -0.2) is 24.2 Å². The van der Waals surface area contributed by atoms with E-state index in [1.165, 1.54) is 0 Å². The second-order valence-corrected chi connectivity index (χ2v) is 2.76. The van der Waals surface area contributed by atoms with Crippen molar-refractivity contribution < 1.29 is 24.2 Å². The number of hydrogen-bond acceptors (Lipinski definition) is 5. The number of ether oxygens (including phenoxy) is 2. The Kier molecular flexibility index (Phi) is 2.69. The van der Waals surface area contributed by atoms with Gasteiger partial charge in [-0.05, 0) is 6.07 Å². The summed E-state index contributed by atoms with van der Waals surface area (Å²) in [7, 11) is -1.86. The maximum Gasteiger partial charge on any atom is 0.636 e. The average Bonchev–Trinajstić information content (AvgIpc) is 2.18. The molecule has 5 nitrogen and oxygen atoms in total. The van der Waals surface area contributed by atoms with Gasteiger partial charge >= 0.3 is 7.32 Å². The SMILES string of the molecule is OB(O)OC1OCOc2ccccc21. The van der Waals surface area contributed by atoms with Gasteiger partial charge in [-0.2, -0.15) is 0 Å². The highest BCUT2D eigenvalue weighted by molar-refractivity contribution is 6.32. The lowest BCUT2D eigenvalue weighted by atomic mass is 10.1. The minimum absolute atomic E-state index is 0.0361. The van der Waals surface area contributed by atoms with Crippen LogP contribution in [0.15, 0.2) is 24.3 Å². The fourth-order valence-corrected chi connectivity index (χ4v) is 1.28. The van der Waals surface area contributed by atoms with Crippen LogP contribution in [0.2, 0.25) is 0 Å². The molecule has 1 aromatic carbocycles. The zero-order chi connectivity index (χ0) is 9.97. The molecule has 0 bridgehead atoms. The van der Waals surface area contributed by atoms with Gasteiger partial charge in [-0.3, -0.25) is 0 Å². The molecule has 14 heavy (non-hydrogen) atoms. The first-order valence-electron chi connectivity index (χ1n) is 4.12. The highest BCUT2D eigenvalue weighted by atomic mass is 16.8. The number of rotatable bonds is 2. The van der Waals surface area contributed by atoms with Crippen molar-refractivity contribution in [1.82, 2.24) is 0 Å². The maximum atomic E-state index is 8.64. The molecule has 2 rings (SSSR count). The third-order valence-electron chi connectivity index (χ3n) is 1.85. The maximum absolute atomic E-state index is 8.64. The van der Waals surface area contributed by atoms with E-state index >= 15 is 0 Å². The molecule has 1 heterocycles. The molecule has 1 aliphatic heterocycles. The van der Waals surface area contributed by atoms with Gasteiger partial charge < -0.3 is 24.2 Å². The summed E-state index contributed by atoms with van der Waals surface area (Å²) in [5.41, 5.74) is 0.645. The standard InChI is InChI=1S/C8H9BO5/c10-9(11)14-8-6-3-1-2-4-7(6)12-5-13-8/h1-4,8,10-11H,5H2. The molecule has 0 amide bonds. The van der Waals surface area contributed by atoms with E-state index in [4.69, 9.17) is 24.2 Å². The van der Waals surface area contributed by atoms with Crippen LogP contribution in [0.5, 0.6) is 5.75 Å². The molecule has 1 aromatic rings. The molecule has 0 spiro atoms. The predicted octanol–water partition coefficient (Wildman–Crippen LogP) is 0.0378. The summed E-state index contributed by atoms with van der Waals surface area (Å²) in [6.07, 6.45) is -0.792. The third kappa shape index (κ3) is 1.88. The van der Waals surface area contributed by atoms with Crippen molar-refractivity contribution in [2.45, 2.75) is 6.29 Å². The molecule has 0 saturated heterocycles. The molecule has 74 valence electrons. The van der Waals surface area contributed by atoms with Crippen molar-refractivity contribution in [1.29, 1.82) is 0 Å². The second-order valence-electron chi connectivity index (χ2n) is 2.76. The summed E-state index contributed by atoms with van der Waals surface area (Å²) in [6, 6.07) is 7.10. The minimum Gasteiger partial charge on any atom is -0.467 e. The average molecular weight is 196 g/mol. The van der Waals surface area contributed by atoms with E-state index in [1.54, 1.807) is 18.2 Å². The van der Waals surface area contributed by atoms with Crippen molar-refractivity contribution in [3.05, 3.63) is 29.8 Å². The van der Waals surface area contributed by atoms with Gasteiger partial charge in [-0.25, -0.2) is 0 Å². The first-order chi connectivity index (χ1) is 6.77. The lowest BCUT2D eigenvalue weighted by Crippen LogP contribution is -2.26. The molecule has 6 heteroatoms. The molecule has 0 radical (unpaired) electrons. The van der Waals surface area contributed by atoms with Crippen LogP contribution in [-0.2, 0) is 9.39 Å². The van der Waals surface area contributed by atoms with Crippen LogP contribution in [0.4, 0.5) is 0 Å². The first kappa shape index (κ1) is 9.48. The lowest BCUT2D eigenvalue weighted by Gasteiger charge is -2.25. The van der Waals surface area contributed by atoms with Crippen molar-refractivity contribution in [2.24, 2.45) is 0 Å². The van der Waals surface area contributed by atoms with Gasteiger partial charge in [0.05, 0.1) is 0 Å². The molecule has 0 aromatic heterocycles. The molecular weight excluding hydrogens is 187 g/mol. The van der Waals surface area contributed by atoms with E-state index in [-0.39, 0.29) is 6.79 Å². The van der Waals surface area contributed by atoms with E-state index in [9.17, 15) is 0 Å². The van der Waals surface area contributed by atoms with E-state index in [2.05, 4.69) is 0 Å². The van der Waals surface area contributed by atoms with E-state index < -0.39 is 13.6 Å². The van der Waals surface area contributed by atoms with Gasteiger partial charge in [-0.1, -0.05) is 18.2 Å². The van der Waals surface area contributed by atoms with Crippen LogP contribution in [0, 0.1) is 0 Å². The predicted molar refractivity (Wildman–Crippen MR) is 47.0 cm³/mol. The topological polar surface area (TPSA) is 68.2 Å². The molecule has 0 saturated carbocycles. The summed E-state index contributed by atoms with van der Waals surface area (Å²) < 4.78 is 14.9. The number of para-hydroxylation sites is 1. The fraction of sp³-hybridized carbons (Fsp3) is 0.250. The Morgan fingerprint density at radius 1 is 1.36 bits per heavy atom. The monoisotopic (exact) mass is 196 g/mol. The van der Waals surface area contributed by atoms with Crippen molar-refractivity contribution in [3.63, 3.8) is 0 Å². The molecule has 2 N–H and O–H groups in total. The van der Waals surface area contributed by atoms with Crippen molar-refractivity contribution >= 4 is 7.32 Å². The van der Waals surface area contributed by atoms with Crippen LogP contribution in [0.25, 0.3) is 0 Å². The quantitative estimate of drug-likeness (QED) is 0.653. The van der Waals surface area contributed by atoms with E-state index in [1.807, 2.05) is 6.07 Å². The van der Waals surface area contributed by atoms with Gasteiger partial charge in [0.15, 0.2) is 13.1 Å². The Labute approximate surface area is 81.0 Å². The third-order valence-corrected chi connectivity index (χ3v) is 1.85. The zero-order valence-corrected chi connectivity index (χ0v) is 7.29. The Balaban J connectivity index is 2.22. The fourth-order valence-electron chi connectivity index (χ4n) is 1.28. The molecule has 1 aliphatic rings. The molecule has 1 unspecified atom stereocenters. The summed E-state index contributed by atoms with van der Waals surface area (Å²) in [5, 5.41) is 17.3. The zero-order valence-electron chi connectivity index (χ0n) is 7.29. The summed E-state index contributed by atoms with van der Waals surface area (Å²) in [6.45, 7) is 0.0361. The van der Waals surface area contributed by atoms with Crippen LogP contribution >= 0.6 is 0 Å². The first-order valence-corrected chi connectivity index (χ1v) is 4.12. The van der Waals surface area contributed by atoms with Crippen molar-refractivity contribution in [2.75, 3.05) is 6.79 Å². The highest BCUT2D eigenvalue weighted by Gasteiger charge is 2.26. The number of hydrogen-bond donors (Lipinski definition) is 2. The Morgan fingerprint density at radius 3 is 2.93 bits per heavy atom. The highest BCUT2D eigenvalue weighted by Crippen LogP contribution is 2.32. The Morgan fingerprint density at radius 2 is 2.14 bits per heavy atom. The summed E-state index contributed by atoms with van der Waals surface area (Å²) in [5.74, 6) is 0.629. The Hall–Kier alpha value is -1.08. The van der Waals surface area contributed by atoms with E-state index in [0.29, 0.717) is 11.3 Å². The number of fused-ring (bicyclic) bond motifs is 1. The minimum atomic E-state index is -1.86. The molecule has 0 aliphatic carbocycles. The Bertz CT molecular complexity index is 316.